The molecule has 0 bridgehead atoms. The number of piperidine rings is 1. The van der Waals surface area contributed by atoms with E-state index in [0.29, 0.717) is 19.7 Å². The third-order valence-electron chi connectivity index (χ3n) is 3.50. The van der Waals surface area contributed by atoms with Crippen LogP contribution in [0, 0.1) is 5.92 Å². The van der Waals surface area contributed by atoms with Crippen molar-refractivity contribution in [2.45, 2.75) is 26.4 Å². The normalized spacial score (nSPS) is 18.1. The fourth-order valence-corrected chi connectivity index (χ4v) is 2.41. The predicted molar refractivity (Wildman–Crippen MR) is 77.6 cm³/mol. The monoisotopic (exact) mass is 291 g/mol. The fraction of sp³-hybridized carbons (Fsp3) is 0.500. The number of carbonyl (C=O) groups excluding carboxylic acids is 2. The third-order valence-corrected chi connectivity index (χ3v) is 3.50. The molecule has 1 aliphatic heterocycles. The van der Waals surface area contributed by atoms with Crippen molar-refractivity contribution < 1.29 is 19.1 Å². The van der Waals surface area contributed by atoms with Crippen LogP contribution in [0.5, 0.6) is 0 Å². The average Bonchev–Trinajstić information content (AvgIpc) is 2.54. The zero-order valence-corrected chi connectivity index (χ0v) is 12.3. The number of ether oxygens (including phenoxy) is 2. The number of nitrogens with zero attached hydrogens (tertiary/aromatic N) is 1. The molecular formula is C16H21NO4. The van der Waals surface area contributed by atoms with Gasteiger partial charge in [0.25, 0.3) is 0 Å². The van der Waals surface area contributed by atoms with Crippen LogP contribution < -0.4 is 0 Å². The molecule has 0 aromatic heterocycles. The van der Waals surface area contributed by atoms with E-state index in [1.54, 1.807) is 11.8 Å². The van der Waals surface area contributed by atoms with Crippen LogP contribution in [0.15, 0.2) is 30.3 Å². The Morgan fingerprint density at radius 1 is 1.24 bits per heavy atom. The van der Waals surface area contributed by atoms with E-state index in [4.69, 9.17) is 9.47 Å². The van der Waals surface area contributed by atoms with Gasteiger partial charge >= 0.3 is 12.1 Å². The minimum atomic E-state index is -0.368. The molecule has 1 aromatic rings. The van der Waals surface area contributed by atoms with E-state index < -0.39 is 0 Å². The molecular weight excluding hydrogens is 270 g/mol. The lowest BCUT2D eigenvalue weighted by molar-refractivity contribution is -0.149. The van der Waals surface area contributed by atoms with E-state index in [-0.39, 0.29) is 24.6 Å². The molecule has 1 atom stereocenters. The molecule has 0 spiro atoms. The minimum absolute atomic E-state index is 0.224. The maximum atomic E-state index is 12.0. The molecule has 0 radical (unpaired) electrons. The van der Waals surface area contributed by atoms with Crippen molar-refractivity contribution in [1.29, 1.82) is 0 Å². The van der Waals surface area contributed by atoms with Gasteiger partial charge < -0.3 is 14.4 Å². The van der Waals surface area contributed by atoms with Crippen molar-refractivity contribution in [3.05, 3.63) is 35.9 Å². The number of hydrogen-bond acceptors (Lipinski definition) is 4. The molecule has 21 heavy (non-hydrogen) atoms. The first-order valence-electron chi connectivity index (χ1n) is 7.33. The molecule has 1 saturated heterocycles. The molecule has 5 heteroatoms. The maximum absolute atomic E-state index is 12.0. The summed E-state index contributed by atoms with van der Waals surface area (Å²) in [5.41, 5.74) is 0.949. The first-order chi connectivity index (χ1) is 10.2. The van der Waals surface area contributed by atoms with Gasteiger partial charge in [-0.25, -0.2) is 4.79 Å². The molecule has 0 saturated carbocycles. The highest BCUT2D eigenvalue weighted by Crippen LogP contribution is 2.19. The van der Waals surface area contributed by atoms with E-state index in [0.717, 1.165) is 18.4 Å². The Kier molecular flexibility index (Phi) is 5.60. The smallest absolute Gasteiger partial charge is 0.410 e. The molecule has 1 amide bonds. The Morgan fingerprint density at radius 3 is 2.71 bits per heavy atom. The van der Waals surface area contributed by atoms with Crippen LogP contribution in [0.1, 0.15) is 25.3 Å². The van der Waals surface area contributed by atoms with Crippen LogP contribution in [0.2, 0.25) is 0 Å². The number of benzene rings is 1. The molecule has 1 fully saturated rings. The standard InChI is InChI=1S/C16H21NO4/c1-2-20-15(18)14-9-6-10-17(11-14)16(19)21-12-13-7-4-3-5-8-13/h3-5,7-8,14H,2,6,9-12H2,1H3/t14-/m0/s1. The van der Waals surface area contributed by atoms with Gasteiger partial charge in [-0.3, -0.25) is 4.79 Å². The largest absolute Gasteiger partial charge is 0.466 e. The lowest BCUT2D eigenvalue weighted by Crippen LogP contribution is -2.43. The zero-order chi connectivity index (χ0) is 15.1. The van der Waals surface area contributed by atoms with Crippen LogP contribution in [0.25, 0.3) is 0 Å². The van der Waals surface area contributed by atoms with Gasteiger partial charge in [0.05, 0.1) is 12.5 Å². The number of carbonyl (C=O) groups is 2. The van der Waals surface area contributed by atoms with Crippen LogP contribution in [-0.4, -0.2) is 36.7 Å². The summed E-state index contributed by atoms with van der Waals surface area (Å²) in [6.45, 7) is 3.41. The number of amides is 1. The molecule has 5 nitrogen and oxygen atoms in total. The van der Waals surface area contributed by atoms with E-state index in [9.17, 15) is 9.59 Å². The van der Waals surface area contributed by atoms with Crippen molar-refractivity contribution in [3.63, 3.8) is 0 Å². The zero-order valence-electron chi connectivity index (χ0n) is 12.3. The third kappa shape index (κ3) is 4.48. The summed E-state index contributed by atoms with van der Waals surface area (Å²) in [6, 6.07) is 9.54. The number of rotatable bonds is 4. The van der Waals surface area contributed by atoms with Crippen LogP contribution >= 0.6 is 0 Å². The second-order valence-electron chi connectivity index (χ2n) is 5.08. The van der Waals surface area contributed by atoms with Crippen LogP contribution in [0.3, 0.4) is 0 Å². The molecule has 114 valence electrons. The Hall–Kier alpha value is -2.04. The average molecular weight is 291 g/mol. The molecule has 1 aromatic carbocycles. The maximum Gasteiger partial charge on any atom is 0.410 e. The van der Waals surface area contributed by atoms with E-state index in [1.165, 1.54) is 0 Å². The van der Waals surface area contributed by atoms with Crippen molar-refractivity contribution in [2.75, 3.05) is 19.7 Å². The van der Waals surface area contributed by atoms with Crippen molar-refractivity contribution >= 4 is 12.1 Å². The highest BCUT2D eigenvalue weighted by molar-refractivity contribution is 5.74. The van der Waals surface area contributed by atoms with Gasteiger partial charge in [0.1, 0.15) is 6.61 Å². The molecule has 0 unspecified atom stereocenters. The second-order valence-corrected chi connectivity index (χ2v) is 5.08. The SMILES string of the molecule is CCOC(=O)[C@H]1CCCN(C(=O)OCc2ccccc2)C1. The van der Waals surface area contributed by atoms with E-state index >= 15 is 0 Å². The van der Waals surface area contributed by atoms with Crippen LogP contribution in [0.4, 0.5) is 4.79 Å². The molecule has 0 aliphatic carbocycles. The summed E-state index contributed by atoms with van der Waals surface area (Å²) in [4.78, 5) is 25.4. The first kappa shape index (κ1) is 15.4. The highest BCUT2D eigenvalue weighted by atomic mass is 16.6. The number of hydrogen-bond donors (Lipinski definition) is 0. The quantitative estimate of drug-likeness (QED) is 0.800. The van der Waals surface area contributed by atoms with Gasteiger partial charge in [0, 0.05) is 13.1 Å². The highest BCUT2D eigenvalue weighted by Gasteiger charge is 2.30. The minimum Gasteiger partial charge on any atom is -0.466 e. The first-order valence-corrected chi connectivity index (χ1v) is 7.33. The van der Waals surface area contributed by atoms with Gasteiger partial charge in [0.2, 0.25) is 0 Å². The van der Waals surface area contributed by atoms with Gasteiger partial charge in [-0.05, 0) is 25.3 Å². The Balaban J connectivity index is 1.83. The summed E-state index contributed by atoms with van der Waals surface area (Å²) in [7, 11) is 0. The van der Waals surface area contributed by atoms with Crippen molar-refractivity contribution in [2.24, 2.45) is 5.92 Å². The lowest BCUT2D eigenvalue weighted by Gasteiger charge is -2.30. The topological polar surface area (TPSA) is 55.8 Å². The molecule has 2 rings (SSSR count). The summed E-state index contributed by atoms with van der Waals surface area (Å²) in [6.07, 6.45) is 1.19. The summed E-state index contributed by atoms with van der Waals surface area (Å²) in [5, 5.41) is 0. The Morgan fingerprint density at radius 2 is 2.00 bits per heavy atom. The predicted octanol–water partition coefficient (Wildman–Crippen LogP) is 2.60. The molecule has 0 N–H and O–H groups in total. The van der Waals surface area contributed by atoms with E-state index in [1.807, 2.05) is 30.3 Å². The Labute approximate surface area is 124 Å². The Bertz CT molecular complexity index is 474. The summed E-state index contributed by atoms with van der Waals surface area (Å²) in [5.74, 6) is -0.457. The summed E-state index contributed by atoms with van der Waals surface area (Å²) < 4.78 is 10.3. The lowest BCUT2D eigenvalue weighted by atomic mass is 9.99. The van der Waals surface area contributed by atoms with Crippen molar-refractivity contribution in [1.82, 2.24) is 4.90 Å². The van der Waals surface area contributed by atoms with Gasteiger partial charge in [-0.2, -0.15) is 0 Å². The molecule has 1 aliphatic rings. The van der Waals surface area contributed by atoms with Crippen LogP contribution in [-0.2, 0) is 20.9 Å². The molecule has 1 heterocycles. The number of esters is 1. The number of likely N-dealkylation sites (tertiary alicyclic amines) is 1. The van der Waals surface area contributed by atoms with Gasteiger partial charge in [0.15, 0.2) is 0 Å². The summed E-state index contributed by atoms with van der Waals surface area (Å²) >= 11 is 0. The van der Waals surface area contributed by atoms with Gasteiger partial charge in [-0.1, -0.05) is 30.3 Å². The van der Waals surface area contributed by atoms with Crippen molar-refractivity contribution in [3.8, 4) is 0 Å². The fourth-order valence-electron chi connectivity index (χ4n) is 2.41. The van der Waals surface area contributed by atoms with Gasteiger partial charge in [-0.15, -0.1) is 0 Å². The second kappa shape index (κ2) is 7.67. The van der Waals surface area contributed by atoms with E-state index in [2.05, 4.69) is 0 Å².